The van der Waals surface area contributed by atoms with Gasteiger partial charge in [-0.15, -0.1) is 12.3 Å². The molecule has 1 aliphatic heterocycles. The molecule has 0 N–H and O–H groups in total. The van der Waals surface area contributed by atoms with Gasteiger partial charge in [-0.25, -0.2) is 0 Å². The lowest BCUT2D eigenvalue weighted by molar-refractivity contribution is -0.156. The number of carbonyl (C=O) groups is 2. The molecular weight excluding hydrogens is 232 g/mol. The minimum absolute atomic E-state index is 0.0959. The van der Waals surface area contributed by atoms with Gasteiger partial charge in [-0.1, -0.05) is 6.92 Å². The van der Waals surface area contributed by atoms with Crippen LogP contribution >= 0.6 is 0 Å². The fourth-order valence-electron chi connectivity index (χ4n) is 3.22. The first-order valence-corrected chi connectivity index (χ1v) is 6.30. The monoisotopic (exact) mass is 250 g/mol. The van der Waals surface area contributed by atoms with E-state index in [1.54, 1.807) is 0 Å². The summed E-state index contributed by atoms with van der Waals surface area (Å²) in [7, 11) is 0. The summed E-state index contributed by atoms with van der Waals surface area (Å²) in [6.07, 6.45) is 6.84. The van der Waals surface area contributed by atoms with E-state index in [1.807, 2.05) is 13.8 Å². The van der Waals surface area contributed by atoms with E-state index in [0.717, 1.165) is 0 Å². The van der Waals surface area contributed by atoms with Crippen molar-refractivity contribution in [1.29, 1.82) is 0 Å². The molecule has 1 aliphatic carbocycles. The van der Waals surface area contributed by atoms with Crippen molar-refractivity contribution in [2.24, 2.45) is 17.8 Å². The molecule has 2 bridgehead atoms. The van der Waals surface area contributed by atoms with Gasteiger partial charge >= 0.3 is 11.9 Å². The van der Waals surface area contributed by atoms with E-state index < -0.39 is 5.60 Å². The van der Waals surface area contributed by atoms with Crippen molar-refractivity contribution in [2.45, 2.75) is 38.7 Å². The summed E-state index contributed by atoms with van der Waals surface area (Å²) in [6, 6.07) is 0. The average Bonchev–Trinajstić information content (AvgIpc) is 2.50. The summed E-state index contributed by atoms with van der Waals surface area (Å²) in [5.74, 6) is 1.20. The number of rotatable bonds is 3. The van der Waals surface area contributed by atoms with Crippen LogP contribution in [-0.4, -0.2) is 24.1 Å². The number of hydrogen-bond acceptors (Lipinski definition) is 4. The van der Waals surface area contributed by atoms with Gasteiger partial charge in [-0.05, 0) is 19.3 Å². The van der Waals surface area contributed by atoms with Crippen LogP contribution in [0.25, 0.3) is 0 Å². The lowest BCUT2D eigenvalue weighted by Crippen LogP contribution is -2.40. The molecule has 0 aromatic rings. The predicted molar refractivity (Wildman–Crippen MR) is 64.3 cm³/mol. The van der Waals surface area contributed by atoms with E-state index in [1.165, 1.54) is 0 Å². The fraction of sp³-hybridized carbons (Fsp3) is 0.714. The van der Waals surface area contributed by atoms with Crippen LogP contribution in [0.15, 0.2) is 0 Å². The zero-order valence-corrected chi connectivity index (χ0v) is 10.8. The van der Waals surface area contributed by atoms with Crippen LogP contribution in [0.1, 0.15) is 33.1 Å². The quantitative estimate of drug-likeness (QED) is 0.433. The lowest BCUT2D eigenvalue weighted by Gasteiger charge is -2.34. The molecule has 0 radical (unpaired) electrons. The Kier molecular flexibility index (Phi) is 3.34. The van der Waals surface area contributed by atoms with Crippen molar-refractivity contribution in [3.8, 4) is 12.3 Å². The van der Waals surface area contributed by atoms with Crippen LogP contribution in [0.4, 0.5) is 0 Å². The van der Waals surface area contributed by atoms with Crippen molar-refractivity contribution in [1.82, 2.24) is 0 Å². The highest BCUT2D eigenvalue weighted by Gasteiger charge is 2.56. The van der Waals surface area contributed by atoms with Gasteiger partial charge in [0.2, 0.25) is 0 Å². The van der Waals surface area contributed by atoms with Crippen LogP contribution in [0.2, 0.25) is 0 Å². The summed E-state index contributed by atoms with van der Waals surface area (Å²) in [5, 5.41) is 0. The summed E-state index contributed by atoms with van der Waals surface area (Å²) in [6.45, 7) is 4.12. The lowest BCUT2D eigenvalue weighted by atomic mass is 9.69. The number of ether oxygens (including phenoxy) is 2. The second-order valence-electron chi connectivity index (χ2n) is 5.51. The first-order valence-electron chi connectivity index (χ1n) is 6.30. The van der Waals surface area contributed by atoms with Crippen molar-refractivity contribution < 1.29 is 19.1 Å². The van der Waals surface area contributed by atoms with E-state index in [2.05, 4.69) is 5.92 Å². The smallest absolute Gasteiger partial charge is 0.310 e. The number of fused-ring (bicyclic) bond motifs is 2. The zero-order valence-electron chi connectivity index (χ0n) is 10.8. The fourth-order valence-corrected chi connectivity index (χ4v) is 3.22. The molecule has 98 valence electrons. The average molecular weight is 250 g/mol. The van der Waals surface area contributed by atoms with E-state index in [9.17, 15) is 9.59 Å². The highest BCUT2D eigenvalue weighted by molar-refractivity contribution is 5.84. The molecule has 2 rings (SSSR count). The highest BCUT2D eigenvalue weighted by atomic mass is 16.6. The molecule has 1 saturated carbocycles. The van der Waals surface area contributed by atoms with E-state index in [4.69, 9.17) is 15.9 Å². The normalized spacial score (nSPS) is 37.8. The number of esters is 2. The third kappa shape index (κ3) is 2.22. The molecule has 0 unspecified atom stereocenters. The van der Waals surface area contributed by atoms with E-state index in [0.29, 0.717) is 19.3 Å². The van der Waals surface area contributed by atoms with Gasteiger partial charge in [0, 0.05) is 12.8 Å². The number of carbonyl (C=O) groups excluding carboxylic acids is 2. The topological polar surface area (TPSA) is 52.6 Å². The Morgan fingerprint density at radius 2 is 2.33 bits per heavy atom. The largest absolute Gasteiger partial charge is 0.464 e. The molecule has 2 fully saturated rings. The molecule has 4 heteroatoms. The third-order valence-electron chi connectivity index (χ3n) is 3.86. The first kappa shape index (κ1) is 12.9. The van der Waals surface area contributed by atoms with Crippen molar-refractivity contribution in [2.75, 3.05) is 6.61 Å². The molecular formula is C14H18O4. The van der Waals surface area contributed by atoms with E-state index >= 15 is 0 Å². The predicted octanol–water partition coefficient (Wildman–Crippen LogP) is 1.53. The molecule has 2 aliphatic rings. The van der Waals surface area contributed by atoms with Crippen LogP contribution < -0.4 is 0 Å². The summed E-state index contributed by atoms with van der Waals surface area (Å²) < 4.78 is 10.5. The molecule has 0 aromatic heterocycles. The third-order valence-corrected chi connectivity index (χ3v) is 3.86. The van der Waals surface area contributed by atoms with Gasteiger partial charge in [0.25, 0.3) is 0 Å². The first-order chi connectivity index (χ1) is 8.47. The van der Waals surface area contributed by atoms with Crippen LogP contribution in [-0.2, 0) is 19.1 Å². The molecule has 0 spiro atoms. The number of terminal acetylenes is 1. The maximum atomic E-state index is 12.0. The van der Waals surface area contributed by atoms with Gasteiger partial charge in [0.05, 0.1) is 11.8 Å². The second kappa shape index (κ2) is 4.64. The second-order valence-corrected chi connectivity index (χ2v) is 5.51. The zero-order chi connectivity index (χ0) is 13.3. The molecule has 0 amide bonds. The molecule has 0 aromatic carbocycles. The number of hydrogen-bond donors (Lipinski definition) is 0. The van der Waals surface area contributed by atoms with Gasteiger partial charge < -0.3 is 9.47 Å². The highest BCUT2D eigenvalue weighted by Crippen LogP contribution is 2.48. The van der Waals surface area contributed by atoms with Crippen LogP contribution in [0, 0.1) is 30.1 Å². The van der Waals surface area contributed by atoms with Crippen LogP contribution in [0.3, 0.4) is 0 Å². The van der Waals surface area contributed by atoms with Gasteiger partial charge in [0.15, 0.2) is 0 Å². The standard InChI is InChI=1S/C14H18O4/c1-4-5-6-17-13(16)11-9(2)7-14(3)8-10(11)12(15)18-14/h1,9-11H,5-8H2,2-3H3/t9-,10+,11-,14-/m0/s1. The Balaban J connectivity index is 2.06. The molecule has 4 nitrogen and oxygen atoms in total. The minimum Gasteiger partial charge on any atom is -0.464 e. The van der Waals surface area contributed by atoms with Gasteiger partial charge in [-0.2, -0.15) is 0 Å². The molecule has 18 heavy (non-hydrogen) atoms. The van der Waals surface area contributed by atoms with Crippen LogP contribution in [0.5, 0.6) is 0 Å². The maximum Gasteiger partial charge on any atom is 0.310 e. The minimum atomic E-state index is -0.392. The Morgan fingerprint density at radius 3 is 3.00 bits per heavy atom. The summed E-state index contributed by atoms with van der Waals surface area (Å²) in [5.41, 5.74) is -0.392. The summed E-state index contributed by atoms with van der Waals surface area (Å²) >= 11 is 0. The van der Waals surface area contributed by atoms with Gasteiger partial charge in [-0.3, -0.25) is 9.59 Å². The molecule has 1 heterocycles. The van der Waals surface area contributed by atoms with Gasteiger partial charge in [0.1, 0.15) is 12.2 Å². The Hall–Kier alpha value is -1.50. The SMILES string of the molecule is C#CCCOC(=O)[C@H]1[C@@H](C)C[C@@]2(C)C[C@H]1C(=O)O2. The molecule has 4 atom stereocenters. The summed E-state index contributed by atoms with van der Waals surface area (Å²) in [4.78, 5) is 23.8. The Morgan fingerprint density at radius 1 is 1.61 bits per heavy atom. The van der Waals surface area contributed by atoms with E-state index in [-0.39, 0.29) is 36.3 Å². The Bertz CT molecular complexity index is 409. The van der Waals surface area contributed by atoms with Crippen molar-refractivity contribution in [3.63, 3.8) is 0 Å². The van der Waals surface area contributed by atoms with Crippen molar-refractivity contribution >= 4 is 11.9 Å². The molecule has 1 saturated heterocycles. The Labute approximate surface area is 107 Å². The maximum absolute atomic E-state index is 12.0. The van der Waals surface area contributed by atoms with Crippen molar-refractivity contribution in [3.05, 3.63) is 0 Å².